The van der Waals surface area contributed by atoms with Crippen LogP contribution in [0, 0.1) is 12.8 Å². The molecule has 1 amide bonds. The van der Waals surface area contributed by atoms with Crippen LogP contribution < -0.4 is 5.32 Å². The van der Waals surface area contributed by atoms with E-state index in [0.717, 1.165) is 35.5 Å². The minimum absolute atomic E-state index is 0.0593. The first-order chi connectivity index (χ1) is 10.2. The number of nitrogens with zero attached hydrogens (tertiary/aromatic N) is 1. The third-order valence-electron chi connectivity index (χ3n) is 4.87. The molecule has 2 rings (SSSR count). The number of piperidine rings is 1. The molecule has 0 aromatic heterocycles. The molecule has 1 fully saturated rings. The summed E-state index contributed by atoms with van der Waals surface area (Å²) in [5.41, 5.74) is 1.54. The quantitative estimate of drug-likeness (QED) is 0.919. The first-order valence-electron chi connectivity index (χ1n) is 8.00. The highest BCUT2D eigenvalue weighted by molar-refractivity contribution is 6.32. The summed E-state index contributed by atoms with van der Waals surface area (Å²) in [5, 5.41) is 3.93. The van der Waals surface area contributed by atoms with Gasteiger partial charge in [0.15, 0.2) is 0 Å². The van der Waals surface area contributed by atoms with Gasteiger partial charge in [-0.05, 0) is 58.7 Å². The van der Waals surface area contributed by atoms with Crippen LogP contribution in [0.2, 0.25) is 5.02 Å². The van der Waals surface area contributed by atoms with Crippen LogP contribution in [-0.2, 0) is 10.3 Å². The van der Waals surface area contributed by atoms with E-state index in [0.29, 0.717) is 6.04 Å². The average Bonchev–Trinajstić information content (AvgIpc) is 2.44. The predicted octanol–water partition coefficient (Wildman–Crippen LogP) is 3.73. The summed E-state index contributed by atoms with van der Waals surface area (Å²) < 4.78 is 0. The fourth-order valence-electron chi connectivity index (χ4n) is 3.10. The Labute approximate surface area is 139 Å². The number of hydrogen-bond donors (Lipinski definition) is 1. The van der Waals surface area contributed by atoms with Crippen LogP contribution in [0.15, 0.2) is 18.2 Å². The Balaban J connectivity index is 2.11. The Morgan fingerprint density at radius 2 is 2.05 bits per heavy atom. The van der Waals surface area contributed by atoms with Gasteiger partial charge in [0.25, 0.3) is 0 Å². The number of halogens is 1. The van der Waals surface area contributed by atoms with Gasteiger partial charge in [-0.3, -0.25) is 4.79 Å². The van der Waals surface area contributed by atoms with Crippen molar-refractivity contribution < 1.29 is 4.79 Å². The molecule has 1 aliphatic rings. The predicted molar refractivity (Wildman–Crippen MR) is 92.2 cm³/mol. The van der Waals surface area contributed by atoms with Gasteiger partial charge < -0.3 is 10.2 Å². The van der Waals surface area contributed by atoms with E-state index < -0.39 is 5.54 Å². The second-order valence-corrected chi connectivity index (χ2v) is 7.49. The number of amides is 1. The van der Waals surface area contributed by atoms with Crippen molar-refractivity contribution in [3.63, 3.8) is 0 Å². The molecule has 1 saturated heterocycles. The first kappa shape index (κ1) is 17.3. The summed E-state index contributed by atoms with van der Waals surface area (Å²) in [5.74, 6) is 0.186. The number of likely N-dealkylation sites (tertiary alicyclic amines) is 1. The highest BCUT2D eigenvalue weighted by Gasteiger charge is 2.32. The zero-order valence-corrected chi connectivity index (χ0v) is 15.0. The van der Waals surface area contributed by atoms with Crippen LogP contribution >= 0.6 is 11.6 Å². The van der Waals surface area contributed by atoms with Crippen molar-refractivity contribution in [3.8, 4) is 0 Å². The van der Waals surface area contributed by atoms with Gasteiger partial charge in [-0.15, -0.1) is 0 Å². The van der Waals surface area contributed by atoms with E-state index in [1.165, 1.54) is 0 Å². The normalized spacial score (nSPS) is 23.4. The van der Waals surface area contributed by atoms with E-state index in [9.17, 15) is 4.79 Å². The number of carbonyl (C=O) groups is 1. The molecule has 1 heterocycles. The van der Waals surface area contributed by atoms with Crippen LogP contribution in [0.1, 0.15) is 44.7 Å². The Morgan fingerprint density at radius 3 is 2.68 bits per heavy atom. The van der Waals surface area contributed by atoms with Crippen molar-refractivity contribution in [1.29, 1.82) is 0 Å². The fourth-order valence-corrected chi connectivity index (χ4v) is 3.47. The molecular formula is C18H27ClN2O. The van der Waals surface area contributed by atoms with Gasteiger partial charge in [0.05, 0.1) is 11.5 Å². The standard InChI is InChI=1S/C18H27ClN2O/c1-12-7-6-8-15(16(12)19)18(3,4)20-17(22)14-10-9-13(2)21(5)11-14/h6-8,13-14H,9-11H2,1-5H3,(H,20,22)/t13-,14+/m1/s1. The zero-order valence-electron chi connectivity index (χ0n) is 14.2. The van der Waals surface area contributed by atoms with E-state index in [1.807, 2.05) is 39.0 Å². The van der Waals surface area contributed by atoms with Gasteiger partial charge in [-0.2, -0.15) is 0 Å². The van der Waals surface area contributed by atoms with Crippen LogP contribution in [0.25, 0.3) is 0 Å². The number of hydrogen-bond acceptors (Lipinski definition) is 2. The van der Waals surface area contributed by atoms with Crippen molar-refractivity contribution in [2.75, 3.05) is 13.6 Å². The van der Waals surface area contributed by atoms with Gasteiger partial charge >= 0.3 is 0 Å². The minimum Gasteiger partial charge on any atom is -0.347 e. The highest BCUT2D eigenvalue weighted by Crippen LogP contribution is 2.31. The third kappa shape index (κ3) is 3.64. The molecule has 0 aliphatic carbocycles. The number of carbonyl (C=O) groups excluding carboxylic acids is 1. The number of rotatable bonds is 3. The maximum absolute atomic E-state index is 12.7. The van der Waals surface area contributed by atoms with Crippen molar-refractivity contribution in [2.24, 2.45) is 5.92 Å². The van der Waals surface area contributed by atoms with Gasteiger partial charge in [-0.1, -0.05) is 29.8 Å². The van der Waals surface area contributed by atoms with Crippen molar-refractivity contribution in [2.45, 2.75) is 52.1 Å². The molecule has 0 saturated carbocycles. The molecular weight excluding hydrogens is 296 g/mol. The lowest BCUT2D eigenvalue weighted by atomic mass is 9.89. The van der Waals surface area contributed by atoms with Crippen LogP contribution in [0.3, 0.4) is 0 Å². The van der Waals surface area contributed by atoms with Crippen LogP contribution in [0.5, 0.6) is 0 Å². The molecule has 1 aromatic carbocycles. The number of nitrogens with one attached hydrogen (secondary N) is 1. The number of aryl methyl sites for hydroxylation is 1. The molecule has 0 radical (unpaired) electrons. The Bertz CT molecular complexity index is 556. The summed E-state index contributed by atoms with van der Waals surface area (Å²) in [6, 6.07) is 6.52. The fraction of sp³-hybridized carbons (Fsp3) is 0.611. The molecule has 1 aliphatic heterocycles. The highest BCUT2D eigenvalue weighted by atomic mass is 35.5. The Hall–Kier alpha value is -1.06. The zero-order chi connectivity index (χ0) is 16.5. The van der Waals surface area contributed by atoms with Crippen molar-refractivity contribution in [1.82, 2.24) is 10.2 Å². The molecule has 0 spiro atoms. The Morgan fingerprint density at radius 1 is 1.36 bits per heavy atom. The smallest absolute Gasteiger partial charge is 0.225 e. The lowest BCUT2D eigenvalue weighted by Gasteiger charge is -2.36. The summed E-state index contributed by atoms with van der Waals surface area (Å²) >= 11 is 6.43. The molecule has 0 bridgehead atoms. The molecule has 4 heteroatoms. The molecule has 1 aromatic rings. The molecule has 0 unspecified atom stereocenters. The van der Waals surface area contributed by atoms with Gasteiger partial charge in [0, 0.05) is 17.6 Å². The monoisotopic (exact) mass is 322 g/mol. The molecule has 22 heavy (non-hydrogen) atoms. The second-order valence-electron chi connectivity index (χ2n) is 7.11. The van der Waals surface area contributed by atoms with E-state index >= 15 is 0 Å². The van der Waals surface area contributed by atoms with E-state index in [1.54, 1.807) is 0 Å². The molecule has 2 atom stereocenters. The lowest BCUT2D eigenvalue weighted by Crippen LogP contribution is -2.49. The summed E-state index contributed by atoms with van der Waals surface area (Å²) in [4.78, 5) is 14.9. The van der Waals surface area contributed by atoms with Crippen LogP contribution in [-0.4, -0.2) is 30.4 Å². The summed E-state index contributed by atoms with van der Waals surface area (Å²) in [6.45, 7) is 9.05. The van der Waals surface area contributed by atoms with Gasteiger partial charge in [0.1, 0.15) is 0 Å². The topological polar surface area (TPSA) is 32.3 Å². The molecule has 1 N–H and O–H groups in total. The van der Waals surface area contributed by atoms with E-state index in [-0.39, 0.29) is 11.8 Å². The first-order valence-corrected chi connectivity index (χ1v) is 8.38. The largest absolute Gasteiger partial charge is 0.347 e. The van der Waals surface area contributed by atoms with Crippen LogP contribution in [0.4, 0.5) is 0 Å². The minimum atomic E-state index is -0.470. The maximum Gasteiger partial charge on any atom is 0.225 e. The van der Waals surface area contributed by atoms with Crippen molar-refractivity contribution in [3.05, 3.63) is 34.3 Å². The third-order valence-corrected chi connectivity index (χ3v) is 5.37. The second kappa shape index (κ2) is 6.59. The molecule has 122 valence electrons. The van der Waals surface area contributed by atoms with E-state index in [4.69, 9.17) is 11.6 Å². The SMILES string of the molecule is Cc1cccc(C(C)(C)NC(=O)[C@H]2CC[C@@H](C)N(C)C2)c1Cl. The number of benzene rings is 1. The molecule has 3 nitrogen and oxygen atoms in total. The summed E-state index contributed by atoms with van der Waals surface area (Å²) in [7, 11) is 2.09. The lowest BCUT2D eigenvalue weighted by molar-refractivity contribution is -0.128. The average molecular weight is 323 g/mol. The van der Waals surface area contributed by atoms with Gasteiger partial charge in [0.2, 0.25) is 5.91 Å². The summed E-state index contributed by atoms with van der Waals surface area (Å²) in [6.07, 6.45) is 2.02. The maximum atomic E-state index is 12.7. The van der Waals surface area contributed by atoms with E-state index in [2.05, 4.69) is 24.2 Å². The Kier molecular flexibility index (Phi) is 5.18. The van der Waals surface area contributed by atoms with Gasteiger partial charge in [-0.25, -0.2) is 0 Å². The van der Waals surface area contributed by atoms with Crippen molar-refractivity contribution >= 4 is 17.5 Å².